The Morgan fingerprint density at radius 2 is 1.94 bits per heavy atom. The van der Waals surface area contributed by atoms with Crippen molar-refractivity contribution in [3.8, 4) is 11.6 Å². The number of thioether (sulfide) groups is 1. The third kappa shape index (κ3) is 5.12. The number of aromatic hydroxyl groups is 1. The quantitative estimate of drug-likeness (QED) is 0.404. The van der Waals surface area contributed by atoms with Crippen LogP contribution in [0.3, 0.4) is 0 Å². The van der Waals surface area contributed by atoms with Crippen molar-refractivity contribution in [1.82, 2.24) is 14.1 Å². The van der Waals surface area contributed by atoms with Crippen LogP contribution in [0.4, 0.5) is 18.9 Å². The summed E-state index contributed by atoms with van der Waals surface area (Å²) in [4.78, 5) is 29.1. The van der Waals surface area contributed by atoms with E-state index >= 15 is 0 Å². The summed E-state index contributed by atoms with van der Waals surface area (Å²) in [6.45, 7) is -0.0162. The molecule has 0 spiro atoms. The number of benzene rings is 1. The SMILES string of the molecule is O=C(Nc1cnccc1Cn1cc(O)n(-c2ccc(SC(F)(F)F)cc2)c1=O)c1ccco1. The van der Waals surface area contributed by atoms with Gasteiger partial charge < -0.3 is 14.8 Å². The molecule has 33 heavy (non-hydrogen) atoms. The Morgan fingerprint density at radius 1 is 1.18 bits per heavy atom. The zero-order chi connectivity index (χ0) is 23.6. The highest BCUT2D eigenvalue weighted by molar-refractivity contribution is 8.00. The van der Waals surface area contributed by atoms with E-state index in [-0.39, 0.29) is 34.6 Å². The number of carbonyl (C=O) groups is 1. The molecule has 1 amide bonds. The molecule has 12 heteroatoms. The van der Waals surface area contributed by atoms with Crippen molar-refractivity contribution in [2.24, 2.45) is 0 Å². The van der Waals surface area contributed by atoms with Crippen molar-refractivity contribution < 1.29 is 27.5 Å². The first-order chi connectivity index (χ1) is 15.7. The second kappa shape index (κ2) is 8.90. The summed E-state index contributed by atoms with van der Waals surface area (Å²) in [5.41, 5.74) is -3.99. The molecule has 0 saturated carbocycles. The molecule has 4 aromatic rings. The summed E-state index contributed by atoms with van der Waals surface area (Å²) >= 11 is -0.277. The van der Waals surface area contributed by atoms with E-state index in [4.69, 9.17) is 4.42 Å². The fourth-order valence-corrected chi connectivity index (χ4v) is 3.62. The van der Waals surface area contributed by atoms with Crippen molar-refractivity contribution in [1.29, 1.82) is 0 Å². The van der Waals surface area contributed by atoms with E-state index in [0.29, 0.717) is 11.3 Å². The lowest BCUT2D eigenvalue weighted by Gasteiger charge is -2.10. The lowest BCUT2D eigenvalue weighted by molar-refractivity contribution is -0.0328. The minimum absolute atomic E-state index is 0.0162. The standard InChI is InChI=1S/C21H15F3N4O4S/c22-21(23,24)33-15-5-3-14(4-6-15)28-18(29)12-27(20(28)31)11-13-7-8-25-10-16(13)26-19(30)17-2-1-9-32-17/h1-10,12,29H,11H2,(H,26,30). The fourth-order valence-electron chi connectivity index (χ4n) is 3.08. The third-order valence-corrected chi connectivity index (χ3v) is 5.25. The van der Waals surface area contributed by atoms with Gasteiger partial charge in [-0.3, -0.25) is 14.3 Å². The molecule has 0 aliphatic heterocycles. The van der Waals surface area contributed by atoms with Crippen LogP contribution in [0.5, 0.6) is 5.88 Å². The fraction of sp³-hybridized carbons (Fsp3) is 0.0952. The topological polar surface area (TPSA) is 102 Å². The minimum atomic E-state index is -4.43. The Morgan fingerprint density at radius 3 is 2.61 bits per heavy atom. The lowest BCUT2D eigenvalue weighted by atomic mass is 10.2. The number of furan rings is 1. The van der Waals surface area contributed by atoms with Crippen LogP contribution < -0.4 is 11.0 Å². The Bertz CT molecular complexity index is 1330. The molecule has 3 aromatic heterocycles. The molecule has 1 aromatic carbocycles. The van der Waals surface area contributed by atoms with E-state index in [2.05, 4.69) is 10.3 Å². The number of hydrogen-bond donors (Lipinski definition) is 2. The molecule has 2 N–H and O–H groups in total. The molecular formula is C21H15F3N4O4S. The number of rotatable bonds is 6. The number of pyridine rings is 1. The molecule has 0 aliphatic carbocycles. The highest BCUT2D eigenvalue weighted by Crippen LogP contribution is 2.37. The Labute approximate surface area is 188 Å². The minimum Gasteiger partial charge on any atom is -0.493 e. The molecule has 0 unspecified atom stereocenters. The summed E-state index contributed by atoms with van der Waals surface area (Å²) in [6, 6.07) is 9.69. The Hall–Kier alpha value is -3.93. The first-order valence-corrected chi connectivity index (χ1v) is 10.2. The van der Waals surface area contributed by atoms with Crippen molar-refractivity contribution in [2.75, 3.05) is 5.32 Å². The molecule has 0 fully saturated rings. The van der Waals surface area contributed by atoms with Gasteiger partial charge in [-0.05, 0) is 59.8 Å². The number of nitrogens with one attached hydrogen (secondary N) is 1. The van der Waals surface area contributed by atoms with E-state index in [0.717, 1.165) is 4.57 Å². The van der Waals surface area contributed by atoms with Crippen molar-refractivity contribution >= 4 is 23.4 Å². The van der Waals surface area contributed by atoms with E-state index in [9.17, 15) is 27.9 Å². The zero-order valence-electron chi connectivity index (χ0n) is 16.6. The van der Waals surface area contributed by atoms with Crippen LogP contribution in [0.25, 0.3) is 5.69 Å². The van der Waals surface area contributed by atoms with E-state index in [1.165, 1.54) is 59.8 Å². The monoisotopic (exact) mass is 476 g/mol. The highest BCUT2D eigenvalue weighted by atomic mass is 32.2. The van der Waals surface area contributed by atoms with Crippen LogP contribution >= 0.6 is 11.8 Å². The molecular weight excluding hydrogens is 461 g/mol. The predicted molar refractivity (Wildman–Crippen MR) is 114 cm³/mol. The van der Waals surface area contributed by atoms with Gasteiger partial charge in [-0.2, -0.15) is 13.2 Å². The summed E-state index contributed by atoms with van der Waals surface area (Å²) < 4.78 is 44.8. The average Bonchev–Trinajstić information content (AvgIpc) is 3.38. The van der Waals surface area contributed by atoms with Gasteiger partial charge in [0.2, 0.25) is 5.88 Å². The number of hydrogen-bond acceptors (Lipinski definition) is 6. The molecule has 170 valence electrons. The second-order valence-corrected chi connectivity index (χ2v) is 7.88. The summed E-state index contributed by atoms with van der Waals surface area (Å²) in [5, 5.41) is 13.0. The van der Waals surface area contributed by atoms with Crippen LogP contribution in [-0.2, 0) is 6.54 Å². The Balaban J connectivity index is 1.58. The summed E-state index contributed by atoms with van der Waals surface area (Å²) in [5.74, 6) is -0.803. The number of halogens is 3. The first kappa shape index (κ1) is 22.3. The van der Waals surface area contributed by atoms with Crippen LogP contribution in [0.1, 0.15) is 16.1 Å². The largest absolute Gasteiger partial charge is 0.493 e. The van der Waals surface area contributed by atoms with Gasteiger partial charge >= 0.3 is 11.2 Å². The first-order valence-electron chi connectivity index (χ1n) is 9.36. The highest BCUT2D eigenvalue weighted by Gasteiger charge is 2.29. The zero-order valence-corrected chi connectivity index (χ0v) is 17.4. The van der Waals surface area contributed by atoms with Crippen LogP contribution in [-0.4, -0.2) is 30.6 Å². The second-order valence-electron chi connectivity index (χ2n) is 6.74. The molecule has 0 radical (unpaired) electrons. The van der Waals surface area contributed by atoms with Crippen LogP contribution in [0.2, 0.25) is 0 Å². The van der Waals surface area contributed by atoms with Crippen molar-refractivity contribution in [3.05, 3.63) is 89.1 Å². The number of anilines is 1. The van der Waals surface area contributed by atoms with Gasteiger partial charge in [-0.15, -0.1) is 0 Å². The molecule has 0 atom stereocenters. The predicted octanol–water partition coefficient (Wildman–Crippen LogP) is 4.25. The maximum absolute atomic E-state index is 12.9. The number of nitrogens with zero attached hydrogens (tertiary/aromatic N) is 3. The van der Waals surface area contributed by atoms with E-state index in [1.54, 1.807) is 12.1 Å². The molecule has 0 saturated heterocycles. The molecule has 4 rings (SSSR count). The van der Waals surface area contributed by atoms with Crippen molar-refractivity contribution in [2.45, 2.75) is 16.9 Å². The average molecular weight is 476 g/mol. The van der Waals surface area contributed by atoms with E-state index in [1.807, 2.05) is 0 Å². The van der Waals surface area contributed by atoms with Gasteiger partial charge in [0, 0.05) is 11.1 Å². The number of alkyl halides is 3. The van der Waals surface area contributed by atoms with Gasteiger partial charge in [-0.25, -0.2) is 9.36 Å². The normalized spacial score (nSPS) is 11.5. The third-order valence-electron chi connectivity index (χ3n) is 4.51. The maximum Gasteiger partial charge on any atom is 0.446 e. The van der Waals surface area contributed by atoms with Gasteiger partial charge in [0.25, 0.3) is 5.91 Å². The van der Waals surface area contributed by atoms with Gasteiger partial charge in [0.15, 0.2) is 5.76 Å². The Kier molecular flexibility index (Phi) is 6.01. The summed E-state index contributed by atoms with van der Waals surface area (Å²) in [7, 11) is 0. The molecule has 0 aliphatic rings. The summed E-state index contributed by atoms with van der Waals surface area (Å²) in [6.07, 6.45) is 5.45. The maximum atomic E-state index is 12.9. The smallest absolute Gasteiger partial charge is 0.446 e. The van der Waals surface area contributed by atoms with Crippen LogP contribution in [0.15, 0.2) is 81.4 Å². The number of carbonyl (C=O) groups excluding carboxylic acids is 1. The number of imidazole rings is 1. The van der Waals surface area contributed by atoms with Crippen LogP contribution in [0, 0.1) is 0 Å². The number of aromatic nitrogens is 3. The van der Waals surface area contributed by atoms with E-state index < -0.39 is 23.0 Å². The van der Waals surface area contributed by atoms with Gasteiger partial charge in [-0.1, -0.05) is 0 Å². The van der Waals surface area contributed by atoms with Gasteiger partial charge in [0.1, 0.15) is 0 Å². The lowest BCUT2D eigenvalue weighted by Crippen LogP contribution is -2.24. The molecule has 3 heterocycles. The molecule has 0 bridgehead atoms. The number of amides is 1. The van der Waals surface area contributed by atoms with Gasteiger partial charge in [0.05, 0.1) is 36.6 Å². The van der Waals surface area contributed by atoms with Crippen molar-refractivity contribution in [3.63, 3.8) is 0 Å². The molecule has 8 nitrogen and oxygen atoms in total.